The van der Waals surface area contributed by atoms with E-state index in [9.17, 15) is 0 Å². The highest BCUT2D eigenvalue weighted by Crippen LogP contribution is 2.15. The molecule has 1 nitrogen and oxygen atoms in total. The van der Waals surface area contributed by atoms with Gasteiger partial charge >= 0.3 is 0 Å². The van der Waals surface area contributed by atoms with E-state index in [1.165, 1.54) is 38.5 Å². The maximum atomic E-state index is 8.64. The van der Waals surface area contributed by atoms with Crippen molar-refractivity contribution in [2.45, 2.75) is 58.8 Å². The Morgan fingerprint density at radius 1 is 1.07 bits per heavy atom. The fourth-order valence-corrected chi connectivity index (χ4v) is 1.67. The van der Waals surface area contributed by atoms with Crippen molar-refractivity contribution in [2.24, 2.45) is 5.92 Å². The van der Waals surface area contributed by atoms with Gasteiger partial charge in [-0.15, -0.1) is 0 Å². The smallest absolute Gasteiger partial charge is 0.0431 e. The summed E-state index contributed by atoms with van der Waals surface area (Å²) in [6, 6.07) is 0. The van der Waals surface area contributed by atoms with E-state index < -0.39 is 0 Å². The van der Waals surface area contributed by atoms with E-state index in [1.807, 2.05) is 0 Å². The summed E-state index contributed by atoms with van der Waals surface area (Å²) in [5.74, 6) is 0.840. The molecule has 1 atom stereocenters. The minimum Gasteiger partial charge on any atom is -0.396 e. The maximum Gasteiger partial charge on any atom is 0.0431 e. The van der Waals surface area contributed by atoms with Crippen LogP contribution in [0.25, 0.3) is 0 Å². The maximum absolute atomic E-state index is 8.64. The zero-order valence-corrected chi connectivity index (χ0v) is 9.84. The van der Waals surface area contributed by atoms with Crippen molar-refractivity contribution in [2.75, 3.05) is 6.61 Å². The van der Waals surface area contributed by atoms with Crippen LogP contribution < -0.4 is 0 Å². The highest BCUT2D eigenvalue weighted by Gasteiger charge is 2.00. The van der Waals surface area contributed by atoms with Crippen LogP contribution in [-0.2, 0) is 0 Å². The van der Waals surface area contributed by atoms with E-state index in [4.69, 9.17) is 5.11 Å². The minimum absolute atomic E-state index is 0.355. The van der Waals surface area contributed by atoms with Gasteiger partial charge in [-0.25, -0.2) is 0 Å². The molecule has 0 aromatic heterocycles. The molecule has 1 heteroatoms. The first kappa shape index (κ1) is 13.7. The molecule has 0 aromatic carbocycles. The number of unbranched alkanes of at least 4 members (excludes halogenated alkanes) is 3. The molecule has 0 spiro atoms. The normalized spacial score (nSPS) is 13.6. The van der Waals surface area contributed by atoms with Crippen LogP contribution in [-0.4, -0.2) is 11.7 Å². The van der Waals surface area contributed by atoms with Gasteiger partial charge in [-0.1, -0.05) is 44.8 Å². The number of hydrogen-bond acceptors (Lipinski definition) is 1. The van der Waals surface area contributed by atoms with Crippen LogP contribution in [0.4, 0.5) is 0 Å². The summed E-state index contributed by atoms with van der Waals surface area (Å²) in [6.45, 7) is 4.76. The molecular weight excluding hydrogens is 172 g/mol. The zero-order valence-electron chi connectivity index (χ0n) is 9.84. The first-order chi connectivity index (χ1) is 6.81. The Hall–Kier alpha value is -0.300. The van der Waals surface area contributed by atoms with Crippen LogP contribution in [0, 0.1) is 5.92 Å². The molecule has 0 rings (SSSR count). The van der Waals surface area contributed by atoms with Gasteiger partial charge in [0.15, 0.2) is 0 Å². The molecule has 0 aliphatic carbocycles. The molecular formula is C13H26O. The Kier molecular flexibility index (Phi) is 10.5. The van der Waals surface area contributed by atoms with Crippen LogP contribution in [0.5, 0.6) is 0 Å². The minimum atomic E-state index is 0.355. The quantitative estimate of drug-likeness (QED) is 0.440. The van der Waals surface area contributed by atoms with Gasteiger partial charge in [0, 0.05) is 6.61 Å². The Bertz CT molecular complexity index is 129. The molecule has 0 heterocycles. The van der Waals surface area contributed by atoms with Gasteiger partial charge in [0.1, 0.15) is 0 Å². The second-order valence-corrected chi connectivity index (χ2v) is 4.18. The Morgan fingerprint density at radius 2 is 1.71 bits per heavy atom. The predicted octanol–water partition coefficient (Wildman–Crippen LogP) is 3.92. The number of allylic oxidation sites excluding steroid dienone is 2. The van der Waals surface area contributed by atoms with Crippen LogP contribution in [0.15, 0.2) is 12.2 Å². The fourth-order valence-electron chi connectivity index (χ4n) is 1.67. The van der Waals surface area contributed by atoms with Gasteiger partial charge < -0.3 is 5.11 Å². The summed E-state index contributed by atoms with van der Waals surface area (Å²) in [5.41, 5.74) is 0. The van der Waals surface area contributed by atoms with Gasteiger partial charge in [0.05, 0.1) is 0 Å². The van der Waals surface area contributed by atoms with Crippen molar-refractivity contribution >= 4 is 0 Å². The summed E-state index contributed by atoms with van der Waals surface area (Å²) < 4.78 is 0. The van der Waals surface area contributed by atoms with Gasteiger partial charge in [-0.3, -0.25) is 0 Å². The van der Waals surface area contributed by atoms with Gasteiger partial charge in [0.2, 0.25) is 0 Å². The number of aliphatic hydroxyl groups is 1. The van der Waals surface area contributed by atoms with Crippen LogP contribution in [0.3, 0.4) is 0 Å². The number of rotatable bonds is 9. The third-order valence-electron chi connectivity index (χ3n) is 2.66. The molecule has 0 bridgehead atoms. The Labute approximate surface area is 89.2 Å². The third kappa shape index (κ3) is 9.79. The lowest BCUT2D eigenvalue weighted by atomic mass is 9.97. The van der Waals surface area contributed by atoms with Crippen molar-refractivity contribution < 1.29 is 5.11 Å². The lowest BCUT2D eigenvalue weighted by molar-refractivity contribution is 0.277. The van der Waals surface area contributed by atoms with Crippen LogP contribution in [0.1, 0.15) is 58.8 Å². The molecule has 84 valence electrons. The van der Waals surface area contributed by atoms with E-state index in [2.05, 4.69) is 26.0 Å². The first-order valence-corrected chi connectivity index (χ1v) is 6.03. The van der Waals surface area contributed by atoms with Crippen molar-refractivity contribution in [1.29, 1.82) is 0 Å². The molecule has 0 saturated heterocycles. The van der Waals surface area contributed by atoms with Crippen molar-refractivity contribution in [3.05, 3.63) is 12.2 Å². The molecule has 0 saturated carbocycles. The average Bonchev–Trinajstić information content (AvgIpc) is 2.18. The van der Waals surface area contributed by atoms with Gasteiger partial charge in [0.25, 0.3) is 0 Å². The number of hydrogen-bond donors (Lipinski definition) is 1. The molecule has 0 aliphatic heterocycles. The molecule has 0 amide bonds. The van der Waals surface area contributed by atoms with Gasteiger partial charge in [-0.2, -0.15) is 0 Å². The standard InChI is InChI=1S/C13H26O/c1-3-4-5-6-7-10-13(2)11-8-9-12-14/h3-4,13-14H,5-12H2,1-2H3. The van der Waals surface area contributed by atoms with E-state index in [-0.39, 0.29) is 0 Å². The Balaban J connectivity index is 3.13. The summed E-state index contributed by atoms with van der Waals surface area (Å²) in [7, 11) is 0. The first-order valence-electron chi connectivity index (χ1n) is 6.03. The lowest BCUT2D eigenvalue weighted by Gasteiger charge is -2.09. The SMILES string of the molecule is CC=CCCCCC(C)CCCCO. The van der Waals surface area contributed by atoms with E-state index in [0.29, 0.717) is 6.61 Å². The molecule has 14 heavy (non-hydrogen) atoms. The van der Waals surface area contributed by atoms with E-state index in [1.54, 1.807) is 0 Å². The number of aliphatic hydroxyl groups excluding tert-OH is 1. The van der Waals surface area contributed by atoms with Crippen LogP contribution in [0.2, 0.25) is 0 Å². The van der Waals surface area contributed by atoms with Gasteiger partial charge in [-0.05, 0) is 32.1 Å². The molecule has 0 aliphatic rings. The largest absolute Gasteiger partial charge is 0.396 e. The van der Waals surface area contributed by atoms with Crippen molar-refractivity contribution in [3.63, 3.8) is 0 Å². The summed E-state index contributed by atoms with van der Waals surface area (Å²) in [4.78, 5) is 0. The molecule has 0 fully saturated rings. The topological polar surface area (TPSA) is 20.2 Å². The highest BCUT2D eigenvalue weighted by molar-refractivity contribution is 4.76. The second kappa shape index (κ2) is 10.8. The zero-order chi connectivity index (χ0) is 10.6. The molecule has 0 aromatic rings. The van der Waals surface area contributed by atoms with Crippen molar-refractivity contribution in [3.8, 4) is 0 Å². The molecule has 1 unspecified atom stereocenters. The van der Waals surface area contributed by atoms with Crippen LogP contribution >= 0.6 is 0 Å². The summed E-state index contributed by atoms with van der Waals surface area (Å²) >= 11 is 0. The fraction of sp³-hybridized carbons (Fsp3) is 0.846. The monoisotopic (exact) mass is 198 g/mol. The molecule has 0 radical (unpaired) electrons. The van der Waals surface area contributed by atoms with E-state index in [0.717, 1.165) is 12.3 Å². The summed E-state index contributed by atoms with van der Waals surface area (Å²) in [6.07, 6.45) is 13.1. The molecule has 1 N–H and O–H groups in total. The highest BCUT2D eigenvalue weighted by atomic mass is 16.2. The lowest BCUT2D eigenvalue weighted by Crippen LogP contribution is -1.95. The Morgan fingerprint density at radius 3 is 2.29 bits per heavy atom. The average molecular weight is 198 g/mol. The van der Waals surface area contributed by atoms with E-state index >= 15 is 0 Å². The summed E-state index contributed by atoms with van der Waals surface area (Å²) in [5, 5.41) is 8.64. The second-order valence-electron chi connectivity index (χ2n) is 4.18. The third-order valence-corrected chi connectivity index (χ3v) is 2.66. The van der Waals surface area contributed by atoms with Crippen molar-refractivity contribution in [1.82, 2.24) is 0 Å². The predicted molar refractivity (Wildman–Crippen MR) is 63.4 cm³/mol.